The zero-order valence-electron chi connectivity index (χ0n) is 13.5. The summed E-state index contributed by atoms with van der Waals surface area (Å²) in [6.07, 6.45) is 4.23. The van der Waals surface area contributed by atoms with E-state index in [4.69, 9.17) is 23.2 Å². The van der Waals surface area contributed by atoms with Crippen LogP contribution < -0.4 is 10.2 Å². The highest BCUT2D eigenvalue weighted by Crippen LogP contribution is 2.22. The van der Waals surface area contributed by atoms with Crippen LogP contribution in [0.25, 0.3) is 0 Å². The molecule has 2 N–H and O–H groups in total. The summed E-state index contributed by atoms with van der Waals surface area (Å²) in [6, 6.07) is 5.52. The van der Waals surface area contributed by atoms with Gasteiger partial charge >= 0.3 is 0 Å². The van der Waals surface area contributed by atoms with Gasteiger partial charge in [0.25, 0.3) is 5.91 Å². The van der Waals surface area contributed by atoms with E-state index in [2.05, 4.69) is 27.1 Å². The van der Waals surface area contributed by atoms with Gasteiger partial charge in [0.1, 0.15) is 16.7 Å². The number of hydrogen-bond acceptors (Lipinski definition) is 3. The molecule has 7 heteroatoms. The van der Waals surface area contributed by atoms with Gasteiger partial charge in [0.2, 0.25) is 0 Å². The van der Waals surface area contributed by atoms with Gasteiger partial charge < -0.3 is 15.2 Å². The molecular weight excluding hydrogens is 347 g/mol. The second-order valence-corrected chi connectivity index (χ2v) is 7.01. The molecule has 1 amide bonds. The van der Waals surface area contributed by atoms with Crippen LogP contribution >= 0.6 is 23.2 Å². The summed E-state index contributed by atoms with van der Waals surface area (Å²) in [5.74, 6) is 1.54. The fourth-order valence-electron chi connectivity index (χ4n) is 2.75. The monoisotopic (exact) mass is 366 g/mol. The molecule has 3 heterocycles. The minimum absolute atomic E-state index is 0.252. The number of hydrogen-bond donors (Lipinski definition) is 2. The minimum atomic E-state index is -0.252. The van der Waals surface area contributed by atoms with Gasteiger partial charge in [-0.15, -0.1) is 0 Å². The molecule has 0 unspecified atom stereocenters. The predicted octanol–water partition coefficient (Wildman–Crippen LogP) is 3.88. The van der Waals surface area contributed by atoms with E-state index in [-0.39, 0.29) is 11.1 Å². The van der Waals surface area contributed by atoms with E-state index in [0.29, 0.717) is 17.3 Å². The topological polar surface area (TPSA) is 61.0 Å². The van der Waals surface area contributed by atoms with Crippen molar-refractivity contribution in [2.75, 3.05) is 18.0 Å². The van der Waals surface area contributed by atoms with Crippen molar-refractivity contribution >= 4 is 34.9 Å². The van der Waals surface area contributed by atoms with Crippen LogP contribution in [0.3, 0.4) is 0 Å². The largest absolute Gasteiger partial charge is 0.357 e. The Morgan fingerprint density at radius 3 is 2.71 bits per heavy atom. The zero-order valence-corrected chi connectivity index (χ0v) is 15.0. The van der Waals surface area contributed by atoms with E-state index in [9.17, 15) is 4.79 Å². The van der Waals surface area contributed by atoms with Gasteiger partial charge in [-0.25, -0.2) is 4.98 Å². The Labute approximate surface area is 151 Å². The van der Waals surface area contributed by atoms with E-state index < -0.39 is 0 Å². The average molecular weight is 367 g/mol. The van der Waals surface area contributed by atoms with Crippen molar-refractivity contribution in [2.24, 2.45) is 5.92 Å². The number of piperidine rings is 1. The van der Waals surface area contributed by atoms with Crippen LogP contribution in [0.1, 0.15) is 35.8 Å². The summed E-state index contributed by atoms with van der Waals surface area (Å²) < 4.78 is 0. The number of carbonyl (C=O) groups is 1. The van der Waals surface area contributed by atoms with E-state index >= 15 is 0 Å². The molecule has 1 aliphatic rings. The SMILES string of the molecule is CC1CCN(c2ccc(CNC(=O)c3cc(Cl)c(Cl)[nH]3)cn2)CC1. The Morgan fingerprint density at radius 2 is 2.12 bits per heavy atom. The summed E-state index contributed by atoms with van der Waals surface area (Å²) in [5.41, 5.74) is 1.29. The third-order valence-electron chi connectivity index (χ3n) is 4.34. The van der Waals surface area contributed by atoms with Gasteiger partial charge in [-0.3, -0.25) is 4.79 Å². The van der Waals surface area contributed by atoms with Crippen molar-refractivity contribution in [1.82, 2.24) is 15.3 Å². The number of rotatable bonds is 4. The number of aromatic nitrogens is 2. The Morgan fingerprint density at radius 1 is 1.38 bits per heavy atom. The second kappa shape index (κ2) is 7.45. The highest BCUT2D eigenvalue weighted by molar-refractivity contribution is 6.41. The molecule has 0 atom stereocenters. The molecule has 128 valence electrons. The molecule has 0 aliphatic carbocycles. The summed E-state index contributed by atoms with van der Waals surface area (Å²) in [7, 11) is 0. The first kappa shape index (κ1) is 17.1. The van der Waals surface area contributed by atoms with E-state index in [1.807, 2.05) is 18.3 Å². The van der Waals surface area contributed by atoms with Crippen molar-refractivity contribution in [2.45, 2.75) is 26.3 Å². The summed E-state index contributed by atoms with van der Waals surface area (Å²) >= 11 is 11.6. The smallest absolute Gasteiger partial charge is 0.268 e. The molecule has 1 aliphatic heterocycles. The molecule has 3 rings (SSSR count). The fraction of sp³-hybridized carbons (Fsp3) is 0.412. The molecule has 24 heavy (non-hydrogen) atoms. The maximum atomic E-state index is 12.0. The van der Waals surface area contributed by atoms with E-state index in [1.54, 1.807) is 0 Å². The zero-order chi connectivity index (χ0) is 17.1. The Balaban J connectivity index is 1.55. The number of nitrogens with one attached hydrogen (secondary N) is 2. The number of carbonyl (C=O) groups excluding carboxylic acids is 1. The number of aromatic amines is 1. The maximum absolute atomic E-state index is 12.0. The van der Waals surface area contributed by atoms with Gasteiger partial charge in [0.05, 0.1) is 5.02 Å². The quantitative estimate of drug-likeness (QED) is 0.862. The van der Waals surface area contributed by atoms with E-state index in [1.165, 1.54) is 18.9 Å². The molecule has 1 saturated heterocycles. The first-order chi connectivity index (χ1) is 11.5. The highest BCUT2D eigenvalue weighted by Gasteiger charge is 2.17. The summed E-state index contributed by atoms with van der Waals surface area (Å²) in [4.78, 5) is 21.6. The molecular formula is C17H20Cl2N4O. The summed E-state index contributed by atoms with van der Waals surface area (Å²) in [5, 5.41) is 3.42. The maximum Gasteiger partial charge on any atom is 0.268 e. The lowest BCUT2D eigenvalue weighted by molar-refractivity contribution is 0.0946. The summed E-state index contributed by atoms with van der Waals surface area (Å²) in [6.45, 7) is 4.80. The van der Waals surface area contributed by atoms with Crippen LogP contribution in [0.15, 0.2) is 24.4 Å². The number of nitrogens with zero attached hydrogens (tertiary/aromatic N) is 2. The van der Waals surface area contributed by atoms with Crippen LogP contribution in [0.5, 0.6) is 0 Å². The third kappa shape index (κ3) is 4.02. The Bertz CT molecular complexity index is 686. The van der Waals surface area contributed by atoms with Crippen LogP contribution in [0, 0.1) is 5.92 Å². The number of pyridine rings is 1. The molecule has 0 spiro atoms. The second-order valence-electron chi connectivity index (χ2n) is 6.22. The predicted molar refractivity (Wildman–Crippen MR) is 96.8 cm³/mol. The number of H-pyrrole nitrogens is 1. The lowest BCUT2D eigenvalue weighted by Gasteiger charge is -2.31. The normalized spacial score (nSPS) is 15.5. The van der Waals surface area contributed by atoms with Crippen molar-refractivity contribution in [3.8, 4) is 0 Å². The number of amides is 1. The van der Waals surface area contributed by atoms with Crippen LogP contribution in [0.2, 0.25) is 10.2 Å². The van der Waals surface area contributed by atoms with Crippen LogP contribution in [-0.4, -0.2) is 29.0 Å². The van der Waals surface area contributed by atoms with Crippen molar-refractivity contribution in [3.63, 3.8) is 0 Å². The molecule has 0 radical (unpaired) electrons. The van der Waals surface area contributed by atoms with Crippen molar-refractivity contribution < 1.29 is 4.79 Å². The highest BCUT2D eigenvalue weighted by atomic mass is 35.5. The van der Waals surface area contributed by atoms with E-state index in [0.717, 1.165) is 30.4 Å². The first-order valence-electron chi connectivity index (χ1n) is 8.05. The minimum Gasteiger partial charge on any atom is -0.357 e. The molecule has 5 nitrogen and oxygen atoms in total. The third-order valence-corrected chi connectivity index (χ3v) is 5.03. The standard InChI is InChI=1S/C17H20Cl2N4O/c1-11-4-6-23(7-5-11)15-3-2-12(9-20-15)10-21-17(24)14-8-13(18)16(19)22-14/h2-3,8-9,11,22H,4-7,10H2,1H3,(H,21,24). The first-order valence-corrected chi connectivity index (χ1v) is 8.80. The lowest BCUT2D eigenvalue weighted by atomic mass is 9.99. The van der Waals surface area contributed by atoms with Gasteiger partial charge in [-0.2, -0.15) is 0 Å². The number of halogens is 2. The van der Waals surface area contributed by atoms with Crippen LogP contribution in [0.4, 0.5) is 5.82 Å². The molecule has 1 fully saturated rings. The Kier molecular flexibility index (Phi) is 5.31. The van der Waals surface area contributed by atoms with Gasteiger partial charge in [0.15, 0.2) is 0 Å². The molecule has 2 aromatic heterocycles. The average Bonchev–Trinajstić information content (AvgIpc) is 2.93. The van der Waals surface area contributed by atoms with Crippen molar-refractivity contribution in [1.29, 1.82) is 0 Å². The van der Waals surface area contributed by atoms with Crippen molar-refractivity contribution in [3.05, 3.63) is 45.8 Å². The Hall–Kier alpha value is -1.72. The molecule has 0 bridgehead atoms. The lowest BCUT2D eigenvalue weighted by Crippen LogP contribution is -2.33. The van der Waals surface area contributed by atoms with Gasteiger partial charge in [0, 0.05) is 25.8 Å². The number of anilines is 1. The molecule has 0 aromatic carbocycles. The van der Waals surface area contributed by atoms with Gasteiger partial charge in [-0.05, 0) is 36.5 Å². The fourth-order valence-corrected chi connectivity index (χ4v) is 3.06. The van der Waals surface area contributed by atoms with Gasteiger partial charge in [-0.1, -0.05) is 36.2 Å². The van der Waals surface area contributed by atoms with Crippen LogP contribution in [-0.2, 0) is 6.54 Å². The molecule has 0 saturated carbocycles. The molecule has 2 aromatic rings.